The maximum absolute atomic E-state index is 12.3. The summed E-state index contributed by atoms with van der Waals surface area (Å²) in [5.41, 5.74) is 2.28. The van der Waals surface area contributed by atoms with Gasteiger partial charge in [0.25, 0.3) is 0 Å². The highest BCUT2D eigenvalue weighted by Gasteiger charge is 2.31. The monoisotopic (exact) mass is 349 g/mol. The number of likely N-dealkylation sites (tertiary alicyclic amines) is 1. The second-order valence-corrected chi connectivity index (χ2v) is 6.82. The summed E-state index contributed by atoms with van der Waals surface area (Å²) < 4.78 is 7.83. The van der Waals surface area contributed by atoms with E-state index in [9.17, 15) is 4.79 Å². The van der Waals surface area contributed by atoms with Crippen LogP contribution in [0, 0.1) is 0 Å². The number of benzene rings is 2. The zero-order valence-corrected chi connectivity index (χ0v) is 15.0. The van der Waals surface area contributed by atoms with Crippen molar-refractivity contribution in [1.82, 2.24) is 14.7 Å². The standard InChI is InChI=1S/C21H23N3O2/c1-23-18(11-12-22-23)9-10-21(25)24-13-19(14-24)26-15-17-7-4-6-16-5-2-3-8-20(16)17/h2-8,11-12,19H,9-10,13-15H2,1H3. The molecule has 1 aromatic heterocycles. The fraction of sp³-hybridized carbons (Fsp3) is 0.333. The molecule has 1 aliphatic heterocycles. The maximum atomic E-state index is 12.3. The van der Waals surface area contributed by atoms with E-state index in [2.05, 4.69) is 41.5 Å². The fourth-order valence-electron chi connectivity index (χ4n) is 3.41. The van der Waals surface area contributed by atoms with Gasteiger partial charge in [0, 0.05) is 38.4 Å². The Balaban J connectivity index is 1.25. The van der Waals surface area contributed by atoms with Crippen molar-refractivity contribution in [3.63, 3.8) is 0 Å². The number of nitrogens with zero attached hydrogens (tertiary/aromatic N) is 3. The number of carbonyl (C=O) groups is 1. The Morgan fingerprint density at radius 2 is 1.96 bits per heavy atom. The van der Waals surface area contributed by atoms with Crippen LogP contribution in [0.3, 0.4) is 0 Å². The summed E-state index contributed by atoms with van der Waals surface area (Å²) in [6, 6.07) is 16.6. The first-order valence-electron chi connectivity index (χ1n) is 9.03. The highest BCUT2D eigenvalue weighted by atomic mass is 16.5. The van der Waals surface area contributed by atoms with Crippen molar-refractivity contribution in [1.29, 1.82) is 0 Å². The molecule has 0 radical (unpaired) electrons. The molecular formula is C21H23N3O2. The number of hydrogen-bond acceptors (Lipinski definition) is 3. The van der Waals surface area contributed by atoms with Crippen LogP contribution in [0.15, 0.2) is 54.7 Å². The minimum absolute atomic E-state index is 0.134. The van der Waals surface area contributed by atoms with Crippen LogP contribution in [0.25, 0.3) is 10.8 Å². The van der Waals surface area contributed by atoms with Crippen molar-refractivity contribution in [3.8, 4) is 0 Å². The molecule has 2 heterocycles. The van der Waals surface area contributed by atoms with Crippen LogP contribution in [0.2, 0.25) is 0 Å². The summed E-state index contributed by atoms with van der Waals surface area (Å²) in [4.78, 5) is 14.1. The molecule has 1 amide bonds. The van der Waals surface area contributed by atoms with Gasteiger partial charge in [-0.15, -0.1) is 0 Å². The van der Waals surface area contributed by atoms with Crippen LogP contribution in [-0.2, 0) is 29.6 Å². The number of aryl methyl sites for hydroxylation is 2. The Kier molecular flexibility index (Phi) is 4.71. The van der Waals surface area contributed by atoms with Crippen molar-refractivity contribution in [3.05, 3.63) is 66.0 Å². The molecule has 0 bridgehead atoms. The maximum Gasteiger partial charge on any atom is 0.223 e. The molecule has 1 saturated heterocycles. The summed E-state index contributed by atoms with van der Waals surface area (Å²) in [5, 5.41) is 6.60. The van der Waals surface area contributed by atoms with E-state index in [1.807, 2.05) is 28.8 Å². The van der Waals surface area contributed by atoms with E-state index in [0.29, 0.717) is 26.1 Å². The lowest BCUT2D eigenvalue weighted by Gasteiger charge is -2.39. The van der Waals surface area contributed by atoms with Gasteiger partial charge in [0.05, 0.1) is 12.7 Å². The molecule has 4 rings (SSSR count). The summed E-state index contributed by atoms with van der Waals surface area (Å²) in [7, 11) is 1.90. The zero-order valence-electron chi connectivity index (χ0n) is 15.0. The summed E-state index contributed by atoms with van der Waals surface area (Å²) >= 11 is 0. The molecular weight excluding hydrogens is 326 g/mol. The topological polar surface area (TPSA) is 47.4 Å². The van der Waals surface area contributed by atoms with Crippen molar-refractivity contribution in [2.75, 3.05) is 13.1 Å². The van der Waals surface area contributed by atoms with Crippen molar-refractivity contribution >= 4 is 16.7 Å². The second kappa shape index (κ2) is 7.30. The van der Waals surface area contributed by atoms with Gasteiger partial charge in [-0.3, -0.25) is 9.48 Å². The van der Waals surface area contributed by atoms with Crippen LogP contribution >= 0.6 is 0 Å². The normalized spacial score (nSPS) is 14.6. The van der Waals surface area contributed by atoms with Crippen LogP contribution in [0.5, 0.6) is 0 Å². The lowest BCUT2D eigenvalue weighted by atomic mass is 10.0. The van der Waals surface area contributed by atoms with Gasteiger partial charge in [0.15, 0.2) is 0 Å². The Hall–Kier alpha value is -2.66. The van der Waals surface area contributed by atoms with Gasteiger partial charge >= 0.3 is 0 Å². The van der Waals surface area contributed by atoms with Crippen molar-refractivity contribution in [2.24, 2.45) is 7.05 Å². The summed E-state index contributed by atoms with van der Waals surface area (Å²) in [6.45, 7) is 1.97. The number of fused-ring (bicyclic) bond motifs is 1. The molecule has 0 spiro atoms. The quantitative estimate of drug-likeness (QED) is 0.687. The molecule has 0 N–H and O–H groups in total. The van der Waals surface area contributed by atoms with Crippen LogP contribution in [0.1, 0.15) is 17.7 Å². The first-order chi connectivity index (χ1) is 12.7. The van der Waals surface area contributed by atoms with Gasteiger partial charge in [-0.1, -0.05) is 42.5 Å². The van der Waals surface area contributed by atoms with E-state index in [1.165, 1.54) is 16.3 Å². The number of rotatable bonds is 6. The molecule has 134 valence electrons. The Labute approximate surface area is 153 Å². The van der Waals surface area contributed by atoms with Crippen molar-refractivity contribution < 1.29 is 9.53 Å². The molecule has 3 aromatic rings. The third-order valence-corrected chi connectivity index (χ3v) is 5.07. The molecule has 1 fully saturated rings. The predicted octanol–water partition coefficient (Wildman–Crippen LogP) is 2.93. The third kappa shape index (κ3) is 3.48. The van der Waals surface area contributed by atoms with E-state index >= 15 is 0 Å². The third-order valence-electron chi connectivity index (χ3n) is 5.07. The minimum Gasteiger partial charge on any atom is -0.370 e. The SMILES string of the molecule is Cn1nccc1CCC(=O)N1CC(OCc2cccc3ccccc23)C1. The van der Waals surface area contributed by atoms with Crippen LogP contribution in [-0.4, -0.2) is 39.8 Å². The molecule has 26 heavy (non-hydrogen) atoms. The Morgan fingerprint density at radius 1 is 1.15 bits per heavy atom. The smallest absolute Gasteiger partial charge is 0.223 e. The van der Waals surface area contributed by atoms with Gasteiger partial charge in [-0.05, 0) is 28.8 Å². The molecule has 0 unspecified atom stereocenters. The highest BCUT2D eigenvalue weighted by Crippen LogP contribution is 2.21. The molecule has 0 atom stereocenters. The number of aromatic nitrogens is 2. The lowest BCUT2D eigenvalue weighted by Crippen LogP contribution is -2.54. The van der Waals surface area contributed by atoms with E-state index < -0.39 is 0 Å². The van der Waals surface area contributed by atoms with E-state index in [0.717, 1.165) is 12.1 Å². The average molecular weight is 349 g/mol. The number of carbonyl (C=O) groups excluding carboxylic acids is 1. The van der Waals surface area contributed by atoms with Gasteiger partial charge in [-0.2, -0.15) is 5.10 Å². The first-order valence-corrected chi connectivity index (χ1v) is 9.03. The van der Waals surface area contributed by atoms with Gasteiger partial charge < -0.3 is 9.64 Å². The van der Waals surface area contributed by atoms with Crippen molar-refractivity contribution in [2.45, 2.75) is 25.6 Å². The van der Waals surface area contributed by atoms with Crippen LogP contribution < -0.4 is 0 Å². The lowest BCUT2D eigenvalue weighted by molar-refractivity contribution is -0.145. The summed E-state index contributed by atoms with van der Waals surface area (Å²) in [5.74, 6) is 0.191. The number of amides is 1. The predicted molar refractivity (Wildman–Crippen MR) is 101 cm³/mol. The molecule has 5 nitrogen and oxygen atoms in total. The first kappa shape index (κ1) is 16.8. The highest BCUT2D eigenvalue weighted by molar-refractivity contribution is 5.85. The second-order valence-electron chi connectivity index (χ2n) is 6.82. The largest absolute Gasteiger partial charge is 0.370 e. The zero-order chi connectivity index (χ0) is 17.9. The van der Waals surface area contributed by atoms with Gasteiger partial charge in [0.1, 0.15) is 0 Å². The molecule has 1 aliphatic rings. The van der Waals surface area contributed by atoms with E-state index in [-0.39, 0.29) is 12.0 Å². The summed E-state index contributed by atoms with van der Waals surface area (Å²) in [6.07, 6.45) is 3.15. The minimum atomic E-state index is 0.134. The van der Waals surface area contributed by atoms with Gasteiger partial charge in [-0.25, -0.2) is 0 Å². The molecule has 0 saturated carbocycles. The number of ether oxygens (including phenoxy) is 1. The fourth-order valence-corrected chi connectivity index (χ4v) is 3.41. The molecule has 2 aromatic carbocycles. The Bertz CT molecular complexity index is 907. The van der Waals surface area contributed by atoms with E-state index in [1.54, 1.807) is 6.20 Å². The molecule has 0 aliphatic carbocycles. The Morgan fingerprint density at radius 3 is 2.77 bits per heavy atom. The molecule has 5 heteroatoms. The van der Waals surface area contributed by atoms with Gasteiger partial charge in [0.2, 0.25) is 5.91 Å². The van der Waals surface area contributed by atoms with Crippen LogP contribution in [0.4, 0.5) is 0 Å². The van der Waals surface area contributed by atoms with E-state index in [4.69, 9.17) is 4.74 Å². The average Bonchev–Trinajstić information content (AvgIpc) is 3.03. The number of hydrogen-bond donors (Lipinski definition) is 0.